The summed E-state index contributed by atoms with van der Waals surface area (Å²) in [4.78, 5) is 14.8. The number of para-hydroxylation sites is 2. The molecular formula is C19H26N4O. The normalized spacial score (nSPS) is 17.2. The Bertz CT molecular complexity index is 750. The molecule has 0 fully saturated rings. The Morgan fingerprint density at radius 1 is 1.33 bits per heavy atom. The van der Waals surface area contributed by atoms with Gasteiger partial charge in [0.05, 0.1) is 17.1 Å². The van der Waals surface area contributed by atoms with Gasteiger partial charge in [0.25, 0.3) is 0 Å². The lowest BCUT2D eigenvalue weighted by Gasteiger charge is -2.22. The molecule has 3 rings (SSSR count). The van der Waals surface area contributed by atoms with Crippen molar-refractivity contribution in [1.82, 2.24) is 9.78 Å². The number of carbonyl (C=O) groups is 1. The van der Waals surface area contributed by atoms with Gasteiger partial charge in [0.2, 0.25) is 5.91 Å². The highest BCUT2D eigenvalue weighted by molar-refractivity contribution is 5.97. The number of hydrogen-bond donors (Lipinski definition) is 1. The van der Waals surface area contributed by atoms with E-state index in [2.05, 4.69) is 24.3 Å². The van der Waals surface area contributed by atoms with Crippen LogP contribution in [0, 0.1) is 13.8 Å². The summed E-state index contributed by atoms with van der Waals surface area (Å²) in [5.41, 5.74) is 5.40. The number of hydrogen-bond acceptors (Lipinski definition) is 3. The molecule has 1 amide bonds. The topological polar surface area (TPSA) is 50.2 Å². The minimum Gasteiger partial charge on any atom is -0.381 e. The summed E-state index contributed by atoms with van der Waals surface area (Å²) >= 11 is 0. The smallest absolute Gasteiger partial charge is 0.227 e. The van der Waals surface area contributed by atoms with E-state index in [0.717, 1.165) is 42.1 Å². The van der Waals surface area contributed by atoms with Crippen LogP contribution in [0.25, 0.3) is 0 Å². The van der Waals surface area contributed by atoms with Crippen LogP contribution in [0.3, 0.4) is 0 Å². The Morgan fingerprint density at radius 3 is 2.79 bits per heavy atom. The van der Waals surface area contributed by atoms with E-state index in [0.29, 0.717) is 12.5 Å². The highest BCUT2D eigenvalue weighted by atomic mass is 16.2. The maximum Gasteiger partial charge on any atom is 0.227 e. The minimum atomic E-state index is 0.181. The zero-order valence-electron chi connectivity index (χ0n) is 15.0. The van der Waals surface area contributed by atoms with Crippen molar-refractivity contribution in [3.63, 3.8) is 0 Å². The van der Waals surface area contributed by atoms with Gasteiger partial charge >= 0.3 is 0 Å². The molecule has 0 saturated heterocycles. The summed E-state index contributed by atoms with van der Waals surface area (Å²) in [6.45, 7) is 6.99. The molecule has 1 aromatic heterocycles. The molecule has 0 saturated carbocycles. The first-order valence-corrected chi connectivity index (χ1v) is 8.62. The van der Waals surface area contributed by atoms with E-state index in [4.69, 9.17) is 0 Å². The van der Waals surface area contributed by atoms with Crippen LogP contribution in [0.15, 0.2) is 24.3 Å². The Hall–Kier alpha value is -2.30. The number of amides is 1. The maximum absolute atomic E-state index is 12.9. The first kappa shape index (κ1) is 16.6. The average Bonchev–Trinajstić information content (AvgIpc) is 2.71. The third-order valence-corrected chi connectivity index (χ3v) is 4.93. The van der Waals surface area contributed by atoms with E-state index in [1.54, 1.807) is 0 Å². The fourth-order valence-corrected chi connectivity index (χ4v) is 3.42. The molecule has 0 radical (unpaired) electrons. The Balaban J connectivity index is 1.77. The van der Waals surface area contributed by atoms with Crippen LogP contribution in [-0.2, 0) is 18.3 Å². The second kappa shape index (κ2) is 6.67. The van der Waals surface area contributed by atoms with Gasteiger partial charge in [-0.3, -0.25) is 9.48 Å². The summed E-state index contributed by atoms with van der Waals surface area (Å²) < 4.78 is 1.89. The number of rotatable bonds is 3. The number of nitrogens with one attached hydrogen (secondary N) is 1. The van der Waals surface area contributed by atoms with Gasteiger partial charge in [0, 0.05) is 31.7 Å². The molecule has 24 heavy (non-hydrogen) atoms. The van der Waals surface area contributed by atoms with Crippen LogP contribution in [0.5, 0.6) is 0 Å². The second-order valence-electron chi connectivity index (χ2n) is 6.67. The number of anilines is 2. The molecule has 2 aromatic rings. The molecule has 0 spiro atoms. The largest absolute Gasteiger partial charge is 0.381 e. The fraction of sp³-hybridized carbons (Fsp3) is 0.474. The van der Waals surface area contributed by atoms with Gasteiger partial charge in [-0.2, -0.15) is 5.10 Å². The van der Waals surface area contributed by atoms with Crippen molar-refractivity contribution in [3.05, 3.63) is 41.2 Å². The van der Waals surface area contributed by atoms with Crippen molar-refractivity contribution in [1.29, 1.82) is 0 Å². The van der Waals surface area contributed by atoms with Crippen molar-refractivity contribution in [2.24, 2.45) is 7.05 Å². The van der Waals surface area contributed by atoms with Crippen molar-refractivity contribution < 1.29 is 4.79 Å². The van der Waals surface area contributed by atoms with E-state index in [9.17, 15) is 4.79 Å². The number of nitrogens with zero attached hydrogens (tertiary/aromatic N) is 3. The molecule has 128 valence electrons. The minimum absolute atomic E-state index is 0.181. The predicted molar refractivity (Wildman–Crippen MR) is 97.5 cm³/mol. The molecule has 1 aromatic carbocycles. The van der Waals surface area contributed by atoms with E-state index in [-0.39, 0.29) is 5.91 Å². The zero-order chi connectivity index (χ0) is 17.3. The van der Waals surface area contributed by atoms with E-state index >= 15 is 0 Å². The van der Waals surface area contributed by atoms with Gasteiger partial charge in [-0.15, -0.1) is 0 Å². The Morgan fingerprint density at radius 2 is 2.08 bits per heavy atom. The quantitative estimate of drug-likeness (QED) is 0.942. The predicted octanol–water partition coefficient (Wildman–Crippen LogP) is 3.21. The highest BCUT2D eigenvalue weighted by Crippen LogP contribution is 2.30. The molecule has 1 aliphatic rings. The molecular weight excluding hydrogens is 300 g/mol. The number of aromatic nitrogens is 2. The van der Waals surface area contributed by atoms with Gasteiger partial charge in [0.15, 0.2) is 0 Å². The molecule has 1 N–H and O–H groups in total. The van der Waals surface area contributed by atoms with Crippen LogP contribution in [0.4, 0.5) is 11.4 Å². The molecule has 1 aliphatic heterocycles. The number of carbonyl (C=O) groups excluding carboxylic acids is 1. The molecule has 5 heteroatoms. The Labute approximate surface area is 143 Å². The second-order valence-corrected chi connectivity index (χ2v) is 6.67. The van der Waals surface area contributed by atoms with Crippen molar-refractivity contribution in [3.8, 4) is 0 Å². The van der Waals surface area contributed by atoms with E-state index in [1.165, 1.54) is 5.56 Å². The van der Waals surface area contributed by atoms with Crippen LogP contribution < -0.4 is 10.2 Å². The molecule has 0 unspecified atom stereocenters. The van der Waals surface area contributed by atoms with Crippen LogP contribution >= 0.6 is 0 Å². The van der Waals surface area contributed by atoms with E-state index < -0.39 is 0 Å². The van der Waals surface area contributed by atoms with Gasteiger partial charge in [-0.1, -0.05) is 12.1 Å². The van der Waals surface area contributed by atoms with Crippen molar-refractivity contribution in [2.45, 2.75) is 46.1 Å². The molecule has 0 bridgehead atoms. The van der Waals surface area contributed by atoms with Gasteiger partial charge in [0.1, 0.15) is 0 Å². The van der Waals surface area contributed by atoms with Crippen molar-refractivity contribution in [2.75, 3.05) is 16.8 Å². The SMILES string of the molecule is Cc1nn(C)c(C)c1CCC(=O)N1CC[C@@H](C)Nc2ccccc21. The first-order chi connectivity index (χ1) is 11.5. The molecule has 0 aliphatic carbocycles. The van der Waals surface area contributed by atoms with E-state index in [1.807, 2.05) is 47.8 Å². The lowest BCUT2D eigenvalue weighted by atomic mass is 10.1. The lowest BCUT2D eigenvalue weighted by molar-refractivity contribution is -0.118. The summed E-state index contributed by atoms with van der Waals surface area (Å²) in [6.07, 6.45) is 2.20. The average molecular weight is 326 g/mol. The standard InChI is InChI=1S/C19H26N4O/c1-13-11-12-23(18-8-6-5-7-17(18)20-13)19(24)10-9-16-14(2)21-22(4)15(16)3/h5-8,13,20H,9-12H2,1-4H3/t13-/m1/s1. The monoisotopic (exact) mass is 326 g/mol. The lowest BCUT2D eigenvalue weighted by Crippen LogP contribution is -2.32. The van der Waals surface area contributed by atoms with Gasteiger partial charge in [-0.25, -0.2) is 0 Å². The summed E-state index contributed by atoms with van der Waals surface area (Å²) in [7, 11) is 1.95. The molecule has 5 nitrogen and oxygen atoms in total. The fourth-order valence-electron chi connectivity index (χ4n) is 3.42. The summed E-state index contributed by atoms with van der Waals surface area (Å²) in [5.74, 6) is 0.181. The highest BCUT2D eigenvalue weighted by Gasteiger charge is 2.23. The van der Waals surface area contributed by atoms with Crippen LogP contribution in [0.1, 0.15) is 36.7 Å². The number of aryl methyl sites for hydroxylation is 2. The first-order valence-electron chi connectivity index (χ1n) is 8.62. The van der Waals surface area contributed by atoms with Crippen LogP contribution in [-0.4, -0.2) is 28.3 Å². The number of benzene rings is 1. The van der Waals surface area contributed by atoms with Gasteiger partial charge in [-0.05, 0) is 51.3 Å². The third kappa shape index (κ3) is 3.16. The van der Waals surface area contributed by atoms with Crippen molar-refractivity contribution >= 4 is 17.3 Å². The summed E-state index contributed by atoms with van der Waals surface area (Å²) in [6, 6.07) is 8.44. The number of fused-ring (bicyclic) bond motifs is 1. The zero-order valence-corrected chi connectivity index (χ0v) is 15.0. The Kier molecular flexibility index (Phi) is 4.60. The third-order valence-electron chi connectivity index (χ3n) is 4.93. The van der Waals surface area contributed by atoms with Gasteiger partial charge < -0.3 is 10.2 Å². The molecule has 2 heterocycles. The summed E-state index contributed by atoms with van der Waals surface area (Å²) in [5, 5.41) is 7.94. The maximum atomic E-state index is 12.9. The molecule has 1 atom stereocenters. The van der Waals surface area contributed by atoms with Crippen LogP contribution in [0.2, 0.25) is 0 Å².